The molecule has 0 aliphatic carbocycles. The molecule has 1 aliphatic rings. The Kier molecular flexibility index (Phi) is 7.38. The number of nitrogens with two attached hydrogens (primary N) is 1. The van der Waals surface area contributed by atoms with Crippen LogP contribution in [0.25, 0.3) is 10.9 Å². The summed E-state index contributed by atoms with van der Waals surface area (Å²) in [5, 5.41) is 5.15. The number of benzene rings is 1. The van der Waals surface area contributed by atoms with Crippen LogP contribution in [0.4, 0.5) is 19.1 Å². The maximum absolute atomic E-state index is 12.7. The van der Waals surface area contributed by atoms with Crippen LogP contribution in [0, 0.1) is 0 Å². The summed E-state index contributed by atoms with van der Waals surface area (Å²) in [6, 6.07) is 5.07. The van der Waals surface area contributed by atoms with E-state index in [0.717, 1.165) is 23.3 Å². The monoisotopic (exact) mass is 505 g/mol. The minimum absolute atomic E-state index is 0.0194. The highest BCUT2D eigenvalue weighted by atomic mass is 19.4. The number of likely N-dealkylation sites (N-methyl/N-ethyl adjacent to an activating group) is 1. The predicted molar refractivity (Wildman–Crippen MR) is 124 cm³/mol. The number of piperidine rings is 1. The second-order valence-electron chi connectivity index (χ2n) is 8.55. The van der Waals surface area contributed by atoms with Crippen molar-refractivity contribution in [1.29, 1.82) is 0 Å². The fourth-order valence-electron chi connectivity index (χ4n) is 4.10. The number of aromatic nitrogens is 4. The van der Waals surface area contributed by atoms with Crippen LogP contribution in [-0.2, 0) is 22.3 Å². The van der Waals surface area contributed by atoms with Crippen molar-refractivity contribution in [3.05, 3.63) is 47.9 Å². The summed E-state index contributed by atoms with van der Waals surface area (Å²) in [6.45, 7) is 1.60. The van der Waals surface area contributed by atoms with Crippen molar-refractivity contribution in [3.63, 3.8) is 0 Å². The lowest BCUT2D eigenvalue weighted by Gasteiger charge is -2.36. The molecule has 1 fully saturated rings. The molecular weight excluding hydrogens is 479 g/mol. The minimum Gasteiger partial charge on any atom is -0.370 e. The van der Waals surface area contributed by atoms with Gasteiger partial charge in [0.15, 0.2) is 0 Å². The summed E-state index contributed by atoms with van der Waals surface area (Å²) in [6.07, 6.45) is 0.0366. The normalized spacial score (nSPS) is 14.8. The number of carbonyl (C=O) groups excluding carboxylic acids is 2. The number of hydrogen-bond donors (Lipinski definition) is 1. The van der Waals surface area contributed by atoms with Gasteiger partial charge in [0.1, 0.15) is 6.61 Å². The fourth-order valence-corrected chi connectivity index (χ4v) is 4.10. The van der Waals surface area contributed by atoms with Crippen LogP contribution < -0.4 is 10.6 Å². The van der Waals surface area contributed by atoms with Gasteiger partial charge in [-0.15, -0.1) is 0 Å². The largest absolute Gasteiger partial charge is 0.419 e. The van der Waals surface area contributed by atoms with Crippen LogP contribution in [-0.4, -0.2) is 75.9 Å². The molecule has 3 heterocycles. The van der Waals surface area contributed by atoms with E-state index in [1.807, 2.05) is 4.90 Å². The molecule has 0 atom stereocenters. The predicted octanol–water partition coefficient (Wildman–Crippen LogP) is 2.09. The molecule has 192 valence electrons. The molecule has 0 saturated carbocycles. The number of rotatable bonds is 8. The SMILES string of the molecule is CN(C(=O)COCCn1ncc2ccc(C(N)=O)cc21)C1CCN(c2ncc(C(F)(F)F)cn2)CC1. The van der Waals surface area contributed by atoms with E-state index in [-0.39, 0.29) is 31.1 Å². The summed E-state index contributed by atoms with van der Waals surface area (Å²) in [4.78, 5) is 35.2. The van der Waals surface area contributed by atoms with Crippen molar-refractivity contribution in [2.75, 3.05) is 38.3 Å². The van der Waals surface area contributed by atoms with Crippen molar-refractivity contribution in [2.45, 2.75) is 31.6 Å². The fraction of sp³-hybridized carbons (Fsp3) is 0.435. The van der Waals surface area contributed by atoms with E-state index in [0.29, 0.717) is 38.0 Å². The third kappa shape index (κ3) is 5.73. The van der Waals surface area contributed by atoms with Gasteiger partial charge >= 0.3 is 6.18 Å². The molecule has 1 aromatic carbocycles. The van der Waals surface area contributed by atoms with E-state index >= 15 is 0 Å². The van der Waals surface area contributed by atoms with Crippen molar-refractivity contribution in [2.24, 2.45) is 5.73 Å². The van der Waals surface area contributed by atoms with Crippen molar-refractivity contribution in [1.82, 2.24) is 24.6 Å². The highest BCUT2D eigenvalue weighted by molar-refractivity contribution is 5.96. The van der Waals surface area contributed by atoms with Gasteiger partial charge in [0.05, 0.1) is 30.4 Å². The van der Waals surface area contributed by atoms with Gasteiger partial charge in [-0.3, -0.25) is 14.3 Å². The lowest BCUT2D eigenvalue weighted by atomic mass is 10.0. The molecule has 0 spiro atoms. The summed E-state index contributed by atoms with van der Waals surface area (Å²) >= 11 is 0. The number of fused-ring (bicyclic) bond motifs is 1. The Morgan fingerprint density at radius 3 is 2.50 bits per heavy atom. The second-order valence-corrected chi connectivity index (χ2v) is 8.55. The number of carbonyl (C=O) groups is 2. The molecule has 1 aliphatic heterocycles. The molecule has 36 heavy (non-hydrogen) atoms. The molecule has 4 rings (SSSR count). The molecule has 2 aromatic heterocycles. The highest BCUT2D eigenvalue weighted by Gasteiger charge is 2.32. The van der Waals surface area contributed by atoms with E-state index in [4.69, 9.17) is 10.5 Å². The number of hydrogen-bond acceptors (Lipinski definition) is 7. The van der Waals surface area contributed by atoms with Gasteiger partial charge in [0.25, 0.3) is 0 Å². The molecule has 0 radical (unpaired) electrons. The number of nitrogens with zero attached hydrogens (tertiary/aromatic N) is 6. The Morgan fingerprint density at radius 2 is 1.86 bits per heavy atom. The van der Waals surface area contributed by atoms with Crippen molar-refractivity contribution >= 4 is 28.7 Å². The van der Waals surface area contributed by atoms with E-state index < -0.39 is 17.6 Å². The summed E-state index contributed by atoms with van der Waals surface area (Å²) in [5.41, 5.74) is 5.60. The Balaban J connectivity index is 1.22. The second kappa shape index (κ2) is 10.5. The van der Waals surface area contributed by atoms with E-state index in [1.165, 1.54) is 0 Å². The zero-order chi connectivity index (χ0) is 25.9. The third-order valence-electron chi connectivity index (χ3n) is 6.26. The summed E-state index contributed by atoms with van der Waals surface area (Å²) in [7, 11) is 1.72. The van der Waals surface area contributed by atoms with E-state index in [2.05, 4.69) is 15.1 Å². The Labute approximate surface area is 204 Å². The van der Waals surface area contributed by atoms with Gasteiger partial charge in [0, 0.05) is 49.5 Å². The number of alkyl halides is 3. The first-order valence-corrected chi connectivity index (χ1v) is 11.4. The number of anilines is 1. The van der Waals surface area contributed by atoms with Gasteiger partial charge in [-0.2, -0.15) is 18.3 Å². The number of halogens is 3. The lowest BCUT2D eigenvalue weighted by Crippen LogP contribution is -2.47. The number of amides is 2. The van der Waals surface area contributed by atoms with Crippen LogP contribution in [0.2, 0.25) is 0 Å². The van der Waals surface area contributed by atoms with Crippen LogP contribution in [0.3, 0.4) is 0 Å². The number of primary amides is 1. The van der Waals surface area contributed by atoms with Gasteiger partial charge in [-0.1, -0.05) is 6.07 Å². The molecule has 13 heteroatoms. The molecule has 2 N–H and O–H groups in total. The van der Waals surface area contributed by atoms with Gasteiger partial charge in [0.2, 0.25) is 17.8 Å². The minimum atomic E-state index is -4.47. The lowest BCUT2D eigenvalue weighted by molar-refractivity contribution is -0.138. The van der Waals surface area contributed by atoms with Crippen LogP contribution in [0.1, 0.15) is 28.8 Å². The standard InChI is InChI=1S/C23H26F3N7O3/c1-31(18-4-6-32(7-5-18)22-28-12-17(13-29-22)23(24,25)26)20(34)14-36-9-8-33-19-10-15(21(27)35)2-3-16(19)11-30-33/h2-3,10-13,18H,4-9,14H2,1H3,(H2,27,35). The average Bonchev–Trinajstić information content (AvgIpc) is 3.28. The first-order valence-electron chi connectivity index (χ1n) is 11.4. The molecule has 10 nitrogen and oxygen atoms in total. The average molecular weight is 506 g/mol. The van der Waals surface area contributed by atoms with Gasteiger partial charge in [-0.05, 0) is 25.0 Å². The summed E-state index contributed by atoms with van der Waals surface area (Å²) < 4.78 is 45.4. The first kappa shape index (κ1) is 25.4. The first-order chi connectivity index (χ1) is 17.1. The van der Waals surface area contributed by atoms with E-state index in [1.54, 1.807) is 41.0 Å². The molecule has 0 bridgehead atoms. The quantitative estimate of drug-likeness (QED) is 0.466. The third-order valence-corrected chi connectivity index (χ3v) is 6.26. The molecule has 2 amide bonds. The Hall–Kier alpha value is -3.74. The van der Waals surface area contributed by atoms with Crippen molar-refractivity contribution < 1.29 is 27.5 Å². The number of ether oxygens (including phenoxy) is 1. The zero-order valence-electron chi connectivity index (χ0n) is 19.6. The van der Waals surface area contributed by atoms with Gasteiger partial charge < -0.3 is 20.3 Å². The van der Waals surface area contributed by atoms with Crippen LogP contribution in [0.15, 0.2) is 36.8 Å². The smallest absolute Gasteiger partial charge is 0.370 e. The Bertz CT molecular complexity index is 1220. The van der Waals surface area contributed by atoms with E-state index in [9.17, 15) is 22.8 Å². The molecular formula is C23H26F3N7O3. The zero-order valence-corrected chi connectivity index (χ0v) is 19.6. The molecule has 0 unspecified atom stereocenters. The Morgan fingerprint density at radius 1 is 1.17 bits per heavy atom. The molecule has 3 aromatic rings. The topological polar surface area (TPSA) is 119 Å². The van der Waals surface area contributed by atoms with Crippen LogP contribution in [0.5, 0.6) is 0 Å². The van der Waals surface area contributed by atoms with Crippen molar-refractivity contribution in [3.8, 4) is 0 Å². The molecule has 1 saturated heterocycles. The highest BCUT2D eigenvalue weighted by Crippen LogP contribution is 2.29. The van der Waals surface area contributed by atoms with Crippen LogP contribution >= 0.6 is 0 Å². The maximum atomic E-state index is 12.7. The summed E-state index contributed by atoms with van der Waals surface area (Å²) in [5.74, 6) is -0.444. The van der Waals surface area contributed by atoms with Gasteiger partial charge in [-0.25, -0.2) is 9.97 Å². The maximum Gasteiger partial charge on any atom is 0.419 e.